The van der Waals surface area contributed by atoms with Crippen LogP contribution >= 0.6 is 0 Å². The Morgan fingerprint density at radius 1 is 1.08 bits per heavy atom. The van der Waals surface area contributed by atoms with E-state index in [1.807, 2.05) is 18.2 Å². The third kappa shape index (κ3) is 5.33. The molecule has 0 radical (unpaired) electrons. The molecule has 10 nitrogen and oxygen atoms in total. The molecule has 2 amide bonds. The van der Waals surface area contributed by atoms with Crippen LogP contribution in [-0.4, -0.2) is 59.9 Å². The normalized spacial score (nSPS) is 18.9. The summed E-state index contributed by atoms with van der Waals surface area (Å²) in [6.45, 7) is 9.09. The number of hydrogen-bond acceptors (Lipinski definition) is 8. The van der Waals surface area contributed by atoms with Crippen LogP contribution in [0.4, 0.5) is 22.1 Å². The lowest BCUT2D eigenvalue weighted by Crippen LogP contribution is -2.44. The summed E-state index contributed by atoms with van der Waals surface area (Å²) >= 11 is 0. The molecular formula is C28H34N6O4S. The largest absolute Gasteiger partial charge is 0.377 e. The van der Waals surface area contributed by atoms with Crippen LogP contribution in [0.25, 0.3) is 11.4 Å². The molecule has 3 aromatic rings. The number of morpholine rings is 1. The lowest BCUT2D eigenvalue weighted by molar-refractivity contribution is 0.0985. The minimum Gasteiger partial charge on any atom is -0.377 e. The highest BCUT2D eigenvalue weighted by Gasteiger charge is 2.61. The van der Waals surface area contributed by atoms with Crippen molar-refractivity contribution in [3.8, 4) is 11.4 Å². The van der Waals surface area contributed by atoms with Crippen molar-refractivity contribution in [1.29, 1.82) is 0 Å². The molecular weight excluding hydrogens is 516 g/mol. The molecule has 11 heteroatoms. The molecule has 0 unspecified atom stereocenters. The Bertz CT molecular complexity index is 1450. The molecule has 206 valence electrons. The fourth-order valence-electron chi connectivity index (χ4n) is 4.79. The molecule has 2 fully saturated rings. The van der Waals surface area contributed by atoms with E-state index in [1.165, 1.54) is 0 Å². The maximum Gasteiger partial charge on any atom is 0.324 e. The van der Waals surface area contributed by atoms with E-state index in [9.17, 15) is 13.2 Å². The number of benzene rings is 1. The van der Waals surface area contributed by atoms with Crippen LogP contribution in [0.2, 0.25) is 0 Å². The Kier molecular flexibility index (Phi) is 7.06. The van der Waals surface area contributed by atoms with Crippen LogP contribution in [0.5, 0.6) is 0 Å². The van der Waals surface area contributed by atoms with Crippen molar-refractivity contribution in [3.05, 3.63) is 60.4 Å². The van der Waals surface area contributed by atoms with E-state index in [0.717, 1.165) is 5.56 Å². The standard InChI is InChI=1S/C28H34N6O4S/c1-19-18-38-16-15-34(19)24-17-22(28(12-13-28)39(36,37)27(2,3)4)31-25(33-24)20-8-10-21(11-9-20)30-26(35)32-23-7-5-6-14-29-23/h5-11,14,17,19H,12-13,15-16,18H2,1-4H3,(H2,29,30,32,35)/t19-/m0/s1. The summed E-state index contributed by atoms with van der Waals surface area (Å²) in [6.07, 6.45) is 2.67. The second kappa shape index (κ2) is 10.2. The molecule has 39 heavy (non-hydrogen) atoms. The third-order valence-corrected chi connectivity index (χ3v) is 10.4. The highest BCUT2D eigenvalue weighted by Crippen LogP contribution is 2.56. The molecule has 2 N–H and O–H groups in total. The summed E-state index contributed by atoms with van der Waals surface area (Å²) < 4.78 is 31.0. The first kappa shape index (κ1) is 27.0. The minimum absolute atomic E-state index is 0.0907. The number of carbonyl (C=O) groups excluding carboxylic acids is 1. The maximum absolute atomic E-state index is 13.7. The van der Waals surface area contributed by atoms with Gasteiger partial charge >= 0.3 is 6.03 Å². The first-order valence-corrected chi connectivity index (χ1v) is 14.6. The highest BCUT2D eigenvalue weighted by molar-refractivity contribution is 7.94. The van der Waals surface area contributed by atoms with Crippen molar-refractivity contribution in [1.82, 2.24) is 15.0 Å². The summed E-state index contributed by atoms with van der Waals surface area (Å²) in [6, 6.07) is 14.0. The second-order valence-corrected chi connectivity index (χ2v) is 14.0. The van der Waals surface area contributed by atoms with E-state index in [-0.39, 0.29) is 6.04 Å². The van der Waals surface area contributed by atoms with Gasteiger partial charge in [0.05, 0.1) is 29.7 Å². The number of urea groups is 1. The average molecular weight is 551 g/mol. The van der Waals surface area contributed by atoms with Crippen LogP contribution in [0.15, 0.2) is 54.7 Å². The van der Waals surface area contributed by atoms with Crippen LogP contribution in [0.3, 0.4) is 0 Å². The molecule has 1 atom stereocenters. The summed E-state index contributed by atoms with van der Waals surface area (Å²) in [4.78, 5) is 28.3. The SMILES string of the molecule is C[C@H]1COCCN1c1cc(C2(S(=O)(=O)C(C)(C)C)CC2)nc(-c2ccc(NC(=O)Nc3ccccn3)cc2)n1. The number of sulfone groups is 1. The molecule has 2 aromatic heterocycles. The first-order valence-electron chi connectivity index (χ1n) is 13.1. The van der Waals surface area contributed by atoms with Gasteiger partial charge in [0.2, 0.25) is 0 Å². The number of ether oxygens (including phenoxy) is 1. The molecule has 1 saturated heterocycles. The van der Waals surface area contributed by atoms with Gasteiger partial charge in [0, 0.05) is 30.1 Å². The zero-order chi connectivity index (χ0) is 27.8. The number of anilines is 3. The predicted octanol–water partition coefficient (Wildman–Crippen LogP) is 4.61. The second-order valence-electron chi connectivity index (χ2n) is 11.0. The van der Waals surface area contributed by atoms with Crippen LogP contribution in [0, 0.1) is 0 Å². The molecule has 1 aromatic carbocycles. The van der Waals surface area contributed by atoms with Crippen LogP contribution < -0.4 is 15.5 Å². The number of carbonyl (C=O) groups is 1. The van der Waals surface area contributed by atoms with Crippen molar-refractivity contribution < 1.29 is 17.9 Å². The molecule has 3 heterocycles. The topological polar surface area (TPSA) is 126 Å². The number of pyridine rings is 1. The summed E-state index contributed by atoms with van der Waals surface area (Å²) in [5, 5.41) is 5.47. The zero-order valence-electron chi connectivity index (χ0n) is 22.6. The van der Waals surface area contributed by atoms with Gasteiger partial charge in [-0.25, -0.2) is 28.2 Å². The van der Waals surface area contributed by atoms with Crippen LogP contribution in [0.1, 0.15) is 46.2 Å². The molecule has 5 rings (SSSR count). The van der Waals surface area contributed by atoms with Crippen LogP contribution in [-0.2, 0) is 19.3 Å². The Hall–Kier alpha value is -3.57. The lowest BCUT2D eigenvalue weighted by Gasteiger charge is -2.35. The molecule has 1 saturated carbocycles. The van der Waals surface area contributed by atoms with E-state index >= 15 is 0 Å². The van der Waals surface area contributed by atoms with Crippen molar-refractivity contribution in [2.24, 2.45) is 0 Å². The summed E-state index contributed by atoms with van der Waals surface area (Å²) in [7, 11) is -3.52. The minimum atomic E-state index is -3.52. The van der Waals surface area contributed by atoms with Crippen molar-refractivity contribution in [3.63, 3.8) is 0 Å². The lowest BCUT2D eigenvalue weighted by atomic mass is 10.1. The van der Waals surface area contributed by atoms with Gasteiger partial charge in [-0.2, -0.15) is 0 Å². The monoisotopic (exact) mass is 550 g/mol. The fourth-order valence-corrected chi connectivity index (χ4v) is 6.98. The van der Waals surface area contributed by atoms with Gasteiger partial charge in [-0.15, -0.1) is 0 Å². The molecule has 1 aliphatic heterocycles. The Morgan fingerprint density at radius 3 is 2.44 bits per heavy atom. The number of nitrogens with one attached hydrogen (secondary N) is 2. The number of hydrogen-bond donors (Lipinski definition) is 2. The van der Waals surface area contributed by atoms with Crippen molar-refractivity contribution in [2.75, 3.05) is 35.3 Å². The highest BCUT2D eigenvalue weighted by atomic mass is 32.2. The van der Waals surface area contributed by atoms with Gasteiger partial charge in [0.15, 0.2) is 15.7 Å². The molecule has 2 aliphatic rings. The first-order chi connectivity index (χ1) is 18.5. The summed E-state index contributed by atoms with van der Waals surface area (Å²) in [5.41, 5.74) is 1.84. The number of rotatable bonds is 6. The molecule has 0 spiro atoms. The third-order valence-electron chi connectivity index (χ3n) is 7.17. The smallest absolute Gasteiger partial charge is 0.324 e. The fraction of sp³-hybridized carbons (Fsp3) is 0.429. The van der Waals surface area contributed by atoms with E-state index in [0.29, 0.717) is 61.4 Å². The molecule has 0 bridgehead atoms. The number of amides is 2. The summed E-state index contributed by atoms with van der Waals surface area (Å²) in [5.74, 6) is 1.58. The van der Waals surface area contributed by atoms with Gasteiger partial charge in [0.1, 0.15) is 16.4 Å². The molecule has 1 aliphatic carbocycles. The van der Waals surface area contributed by atoms with Gasteiger partial charge < -0.3 is 15.0 Å². The Labute approximate surface area is 229 Å². The van der Waals surface area contributed by atoms with E-state index in [4.69, 9.17) is 14.7 Å². The van der Waals surface area contributed by atoms with Crippen molar-refractivity contribution in [2.45, 2.75) is 56.1 Å². The van der Waals surface area contributed by atoms with Gasteiger partial charge in [-0.1, -0.05) is 6.07 Å². The zero-order valence-corrected chi connectivity index (χ0v) is 23.5. The van der Waals surface area contributed by atoms with Gasteiger partial charge in [0.25, 0.3) is 0 Å². The Morgan fingerprint density at radius 2 is 1.82 bits per heavy atom. The maximum atomic E-state index is 13.7. The predicted molar refractivity (Wildman–Crippen MR) is 152 cm³/mol. The number of nitrogens with zero attached hydrogens (tertiary/aromatic N) is 4. The Balaban J connectivity index is 1.47. The number of aromatic nitrogens is 3. The van der Waals surface area contributed by atoms with E-state index in [2.05, 4.69) is 27.4 Å². The van der Waals surface area contributed by atoms with Gasteiger partial charge in [-0.05, 0) is 76.9 Å². The average Bonchev–Trinajstić information content (AvgIpc) is 3.72. The van der Waals surface area contributed by atoms with E-state index < -0.39 is 25.4 Å². The van der Waals surface area contributed by atoms with Crippen molar-refractivity contribution >= 4 is 33.2 Å². The van der Waals surface area contributed by atoms with Gasteiger partial charge in [-0.3, -0.25) is 5.32 Å². The van der Waals surface area contributed by atoms with E-state index in [1.54, 1.807) is 57.3 Å². The quantitative estimate of drug-likeness (QED) is 0.456.